The average molecular weight is 485 g/mol. The zero-order valence-corrected chi connectivity index (χ0v) is 23.1. The third-order valence-corrected chi connectivity index (χ3v) is 1.03. The third kappa shape index (κ3) is 125. The van der Waals surface area contributed by atoms with E-state index in [1.165, 1.54) is 11.8 Å². The van der Waals surface area contributed by atoms with Crippen molar-refractivity contribution in [1.29, 1.82) is 0 Å². The molecule has 4 heteroatoms. The van der Waals surface area contributed by atoms with Gasteiger partial charge in [0.15, 0.2) is 0 Å². The van der Waals surface area contributed by atoms with Crippen molar-refractivity contribution in [2.24, 2.45) is 0 Å². The summed E-state index contributed by atoms with van der Waals surface area (Å²) in [6, 6.07) is 3.71. The summed E-state index contributed by atoms with van der Waals surface area (Å²) in [5.74, 6) is 2.83. The van der Waals surface area contributed by atoms with Crippen molar-refractivity contribution in [3.8, 4) is 0 Å². The van der Waals surface area contributed by atoms with Crippen LogP contribution >= 0.6 is 24.8 Å². The minimum atomic E-state index is 0. The fourth-order valence-corrected chi connectivity index (χ4v) is 0.581. The van der Waals surface area contributed by atoms with Gasteiger partial charge in [0.05, 0.1) is 0 Å². The number of allylic oxidation sites excluding steroid dienone is 4. The van der Waals surface area contributed by atoms with Gasteiger partial charge in [-0.25, -0.2) is 12.2 Å². The van der Waals surface area contributed by atoms with Crippen LogP contribution in [0.15, 0.2) is 36.6 Å². The molecule has 1 heterocycles. The van der Waals surface area contributed by atoms with E-state index in [0.29, 0.717) is 0 Å². The Kier molecular flexibility index (Phi) is 137. The molecule has 0 radical (unpaired) electrons. The molecular formula is C22H44Cl2NZr-9. The Morgan fingerprint density at radius 1 is 0.808 bits per heavy atom. The van der Waals surface area contributed by atoms with E-state index in [-0.39, 0.29) is 88.2 Å². The largest absolute Gasteiger partial charge is 0.484 e. The van der Waals surface area contributed by atoms with Crippen LogP contribution in [-0.2, 0) is 26.2 Å². The number of rotatable bonds is 0. The molecule has 0 aromatic carbocycles. The maximum atomic E-state index is 2.99. The zero-order chi connectivity index (χ0) is 14.2. The normalized spacial score (nSPS) is 7.69. The van der Waals surface area contributed by atoms with Gasteiger partial charge in [0.2, 0.25) is 0 Å². The van der Waals surface area contributed by atoms with Gasteiger partial charge >= 0.3 is 0 Å². The van der Waals surface area contributed by atoms with Gasteiger partial charge in [-0.1, -0.05) is 0 Å². The van der Waals surface area contributed by atoms with E-state index >= 15 is 0 Å². The minimum Gasteiger partial charge on any atom is -0.484 e. The predicted octanol–water partition coefficient (Wildman–Crippen LogP) is 8.45. The predicted molar refractivity (Wildman–Crippen MR) is 128 cm³/mol. The van der Waals surface area contributed by atoms with Gasteiger partial charge in [-0.05, 0) is 0 Å². The van der Waals surface area contributed by atoms with E-state index in [4.69, 9.17) is 0 Å². The molecule has 1 N–H and O–H groups in total. The molecule has 0 bridgehead atoms. The topological polar surface area (TPSA) is 15.8 Å². The van der Waals surface area contributed by atoms with E-state index in [1.54, 1.807) is 0 Å². The first kappa shape index (κ1) is 63.4. The molecule has 1 aromatic heterocycles. The zero-order valence-electron chi connectivity index (χ0n) is 19.0. The molecule has 0 saturated heterocycles. The fourth-order valence-electron chi connectivity index (χ4n) is 0.581. The molecular weight excluding hydrogens is 440 g/mol. The van der Waals surface area contributed by atoms with Crippen molar-refractivity contribution in [1.82, 2.24) is 4.98 Å². The van der Waals surface area contributed by atoms with E-state index in [1.807, 2.05) is 30.5 Å². The number of aromatic nitrogens is 1. The van der Waals surface area contributed by atoms with Crippen LogP contribution in [0.3, 0.4) is 0 Å². The monoisotopic (exact) mass is 482 g/mol. The van der Waals surface area contributed by atoms with Crippen molar-refractivity contribution in [3.63, 3.8) is 0 Å². The summed E-state index contributed by atoms with van der Waals surface area (Å²) in [6.07, 6.45) is 14.6. The number of aromatic amines is 1. The number of nitrogens with one attached hydrogen (secondary N) is 1. The van der Waals surface area contributed by atoms with Crippen molar-refractivity contribution in [3.05, 3.63) is 97.8 Å². The number of H-pyrrole nitrogens is 1. The first-order chi connectivity index (χ1) is 8.46. The summed E-state index contributed by atoms with van der Waals surface area (Å²) >= 11 is 0. The Hall–Kier alpha value is 0.223. The molecule has 1 aliphatic carbocycles. The van der Waals surface area contributed by atoms with Crippen LogP contribution in [0.1, 0.15) is 48.0 Å². The smallest absolute Gasteiger partial charge is 0 e. The van der Waals surface area contributed by atoms with Crippen LogP contribution in [0.2, 0.25) is 0 Å². The third-order valence-electron chi connectivity index (χ3n) is 1.03. The first-order valence-corrected chi connectivity index (χ1v) is 6.21. The van der Waals surface area contributed by atoms with Crippen molar-refractivity contribution < 1.29 is 26.2 Å². The SMILES string of the molecule is C[C-](C)C.C[C-](C)C.Cl.Cl.[C-]1=CC=CC1.[CH3-].[CH3-].[CH3-].[CH3-].[CH3-].[Zr].[c-]1ccc[nH]1. The van der Waals surface area contributed by atoms with Gasteiger partial charge in [-0.2, -0.15) is 65.9 Å². The van der Waals surface area contributed by atoms with E-state index in [2.05, 4.69) is 64.9 Å². The van der Waals surface area contributed by atoms with Gasteiger partial charge in [0.1, 0.15) is 0 Å². The maximum Gasteiger partial charge on any atom is 0 e. The number of hydrogen-bond donors (Lipinski definition) is 1. The van der Waals surface area contributed by atoms with Crippen molar-refractivity contribution >= 4 is 24.8 Å². The van der Waals surface area contributed by atoms with E-state index in [9.17, 15) is 0 Å². The second kappa shape index (κ2) is 56.2. The molecule has 0 aliphatic heterocycles. The van der Waals surface area contributed by atoms with Crippen molar-refractivity contribution in [2.45, 2.75) is 48.0 Å². The van der Waals surface area contributed by atoms with Gasteiger partial charge in [-0.15, -0.1) is 37.4 Å². The van der Waals surface area contributed by atoms with Crippen LogP contribution in [0.5, 0.6) is 0 Å². The fraction of sp³-hybridized carbons (Fsp3) is 0.318. The van der Waals surface area contributed by atoms with Crippen LogP contribution < -0.4 is 0 Å². The molecule has 0 atom stereocenters. The minimum absolute atomic E-state index is 0. The Balaban J connectivity index is -0.0000000150. The van der Waals surface area contributed by atoms with E-state index < -0.39 is 0 Å². The van der Waals surface area contributed by atoms with Gasteiger partial charge < -0.3 is 54.0 Å². The molecule has 164 valence electrons. The quantitative estimate of drug-likeness (QED) is 0.356. The van der Waals surface area contributed by atoms with Crippen LogP contribution in [0.25, 0.3) is 0 Å². The molecule has 0 unspecified atom stereocenters. The first-order valence-electron chi connectivity index (χ1n) is 6.21. The standard InChI is InChI=1S/C5H5.C4H4N.2C4H9.5CH3.2ClH.Zr/c2*1-2-4-5-3-1;2*1-4(2)3;;;;;;;;/h1-3H,4H2;1-3,5H;2*1-3H3;5*1H3;2*1H;/q9*-1;;;. The van der Waals surface area contributed by atoms with Crippen LogP contribution in [0, 0.1) is 61.2 Å². The van der Waals surface area contributed by atoms with Crippen LogP contribution in [-0.4, -0.2) is 4.98 Å². The summed E-state index contributed by atoms with van der Waals surface area (Å²) in [5, 5.41) is 0. The second-order valence-corrected chi connectivity index (χ2v) is 4.82. The molecule has 0 amide bonds. The summed E-state index contributed by atoms with van der Waals surface area (Å²) in [6.45, 7) is 12.5. The van der Waals surface area contributed by atoms with Gasteiger partial charge in [0.25, 0.3) is 0 Å². The van der Waals surface area contributed by atoms with Crippen molar-refractivity contribution in [2.75, 3.05) is 0 Å². The molecule has 0 spiro atoms. The molecule has 1 aromatic rings. The summed E-state index contributed by atoms with van der Waals surface area (Å²) in [4.78, 5) is 2.74. The van der Waals surface area contributed by atoms with Crippen LogP contribution in [0.4, 0.5) is 0 Å². The Bertz CT molecular complexity index is 244. The number of halogens is 2. The molecule has 26 heavy (non-hydrogen) atoms. The summed E-state index contributed by atoms with van der Waals surface area (Å²) in [5.41, 5.74) is 0. The Labute approximate surface area is 200 Å². The molecule has 0 fully saturated rings. The number of hydrogen-bond acceptors (Lipinski definition) is 0. The molecule has 1 nitrogen and oxygen atoms in total. The average Bonchev–Trinajstić information content (AvgIpc) is 2.96. The Morgan fingerprint density at radius 3 is 1.27 bits per heavy atom. The van der Waals surface area contributed by atoms with E-state index in [0.717, 1.165) is 6.42 Å². The molecule has 0 saturated carbocycles. The van der Waals surface area contributed by atoms with Gasteiger partial charge in [0, 0.05) is 26.2 Å². The maximum absolute atomic E-state index is 2.99. The molecule has 2 rings (SSSR count). The summed E-state index contributed by atoms with van der Waals surface area (Å²) in [7, 11) is 0. The molecule has 1 aliphatic rings. The Morgan fingerprint density at radius 2 is 1.19 bits per heavy atom. The van der Waals surface area contributed by atoms with Gasteiger partial charge in [-0.3, -0.25) is 6.08 Å². The second-order valence-electron chi connectivity index (χ2n) is 4.82. The summed E-state index contributed by atoms with van der Waals surface area (Å²) < 4.78 is 0.